The topological polar surface area (TPSA) is 15.3 Å². The van der Waals surface area contributed by atoms with Crippen LogP contribution in [0.4, 0.5) is 13.2 Å². The third-order valence-corrected chi connectivity index (χ3v) is 5.90. The third kappa shape index (κ3) is 3.55. The van der Waals surface area contributed by atoms with E-state index in [1.54, 1.807) is 4.90 Å². The Morgan fingerprint density at radius 1 is 1.00 bits per heavy atom. The average Bonchev–Trinajstić information content (AvgIpc) is 2.91. The van der Waals surface area contributed by atoms with Crippen LogP contribution in [-0.2, 0) is 0 Å². The SMILES string of the molecule is FC(F)(F)CN1CC(C2CCCCC2)NCC12CCCC2. The molecule has 3 aliphatic rings. The van der Waals surface area contributed by atoms with Gasteiger partial charge in [-0.15, -0.1) is 0 Å². The lowest BCUT2D eigenvalue weighted by atomic mass is 9.80. The predicted molar refractivity (Wildman–Crippen MR) is 77.2 cm³/mol. The van der Waals surface area contributed by atoms with Gasteiger partial charge >= 0.3 is 6.18 Å². The number of alkyl halides is 3. The minimum atomic E-state index is -4.08. The van der Waals surface area contributed by atoms with Gasteiger partial charge in [0.25, 0.3) is 0 Å². The molecule has 5 heteroatoms. The van der Waals surface area contributed by atoms with Crippen molar-refractivity contribution in [3.05, 3.63) is 0 Å². The van der Waals surface area contributed by atoms with E-state index in [1.165, 1.54) is 32.1 Å². The van der Waals surface area contributed by atoms with Crippen molar-refractivity contribution in [2.24, 2.45) is 5.92 Å². The second-order valence-electron chi connectivity index (χ2n) is 7.31. The Labute approximate surface area is 125 Å². The van der Waals surface area contributed by atoms with Gasteiger partial charge < -0.3 is 5.32 Å². The van der Waals surface area contributed by atoms with Gasteiger partial charge in [0, 0.05) is 24.7 Å². The lowest BCUT2D eigenvalue weighted by molar-refractivity contribution is -0.165. The summed E-state index contributed by atoms with van der Waals surface area (Å²) in [6.07, 6.45) is 6.06. The van der Waals surface area contributed by atoms with Gasteiger partial charge in [0.05, 0.1) is 6.54 Å². The molecule has 0 aromatic carbocycles. The first-order valence-electron chi connectivity index (χ1n) is 8.54. The van der Waals surface area contributed by atoms with Crippen LogP contribution in [0.2, 0.25) is 0 Å². The minimum absolute atomic E-state index is 0.222. The van der Waals surface area contributed by atoms with Crippen LogP contribution in [0.1, 0.15) is 57.8 Å². The van der Waals surface area contributed by atoms with Crippen molar-refractivity contribution in [1.82, 2.24) is 10.2 Å². The van der Waals surface area contributed by atoms with Crippen molar-refractivity contribution in [2.45, 2.75) is 75.5 Å². The lowest BCUT2D eigenvalue weighted by Gasteiger charge is -2.50. The highest BCUT2D eigenvalue weighted by atomic mass is 19.4. The fraction of sp³-hybridized carbons (Fsp3) is 1.00. The molecular formula is C16H27F3N2. The first-order valence-corrected chi connectivity index (χ1v) is 8.54. The van der Waals surface area contributed by atoms with E-state index in [9.17, 15) is 13.2 Å². The number of nitrogens with one attached hydrogen (secondary N) is 1. The Morgan fingerprint density at radius 2 is 1.67 bits per heavy atom. The Morgan fingerprint density at radius 3 is 2.29 bits per heavy atom. The van der Waals surface area contributed by atoms with E-state index in [4.69, 9.17) is 0 Å². The molecule has 2 saturated carbocycles. The molecule has 3 fully saturated rings. The summed E-state index contributed by atoms with van der Waals surface area (Å²) in [4.78, 5) is 1.79. The molecule has 21 heavy (non-hydrogen) atoms. The molecule has 0 radical (unpaired) electrons. The van der Waals surface area contributed by atoms with Crippen LogP contribution in [0.25, 0.3) is 0 Å². The molecule has 1 atom stereocenters. The van der Waals surface area contributed by atoms with Crippen LogP contribution in [0.3, 0.4) is 0 Å². The molecule has 1 spiro atoms. The van der Waals surface area contributed by atoms with Crippen molar-refractivity contribution in [1.29, 1.82) is 0 Å². The van der Waals surface area contributed by atoms with Gasteiger partial charge in [0.1, 0.15) is 0 Å². The summed E-state index contributed by atoms with van der Waals surface area (Å²) in [5.41, 5.74) is -0.222. The van der Waals surface area contributed by atoms with Crippen molar-refractivity contribution in [3.8, 4) is 0 Å². The maximum absolute atomic E-state index is 13.0. The average molecular weight is 304 g/mol. The highest BCUT2D eigenvalue weighted by Crippen LogP contribution is 2.40. The number of hydrogen-bond donors (Lipinski definition) is 1. The van der Waals surface area contributed by atoms with Crippen LogP contribution in [0.15, 0.2) is 0 Å². The zero-order valence-electron chi connectivity index (χ0n) is 12.7. The molecule has 1 aliphatic heterocycles. The summed E-state index contributed by atoms with van der Waals surface area (Å²) in [5, 5.41) is 3.63. The highest BCUT2D eigenvalue weighted by molar-refractivity contribution is 5.03. The van der Waals surface area contributed by atoms with Gasteiger partial charge in [-0.25, -0.2) is 0 Å². The largest absolute Gasteiger partial charge is 0.401 e. The summed E-state index contributed by atoms with van der Waals surface area (Å²) in [6.45, 7) is 0.617. The highest BCUT2D eigenvalue weighted by Gasteiger charge is 2.48. The van der Waals surface area contributed by atoms with Gasteiger partial charge in [-0.1, -0.05) is 32.1 Å². The molecule has 2 aliphatic carbocycles. The number of nitrogens with zero attached hydrogens (tertiary/aromatic N) is 1. The summed E-state index contributed by atoms with van der Waals surface area (Å²) in [5.74, 6) is 0.577. The van der Waals surface area contributed by atoms with Crippen LogP contribution in [-0.4, -0.2) is 42.3 Å². The monoisotopic (exact) mass is 304 g/mol. The molecule has 122 valence electrons. The molecule has 1 saturated heterocycles. The molecular weight excluding hydrogens is 277 g/mol. The zero-order valence-corrected chi connectivity index (χ0v) is 12.7. The first-order chi connectivity index (χ1) is 9.99. The van der Waals surface area contributed by atoms with E-state index < -0.39 is 12.7 Å². The van der Waals surface area contributed by atoms with Gasteiger partial charge in [0.2, 0.25) is 0 Å². The lowest BCUT2D eigenvalue weighted by Crippen LogP contribution is -2.66. The Hall–Kier alpha value is -0.290. The first kappa shape index (κ1) is 15.6. The van der Waals surface area contributed by atoms with Gasteiger partial charge in [-0.3, -0.25) is 4.90 Å². The van der Waals surface area contributed by atoms with E-state index in [0.717, 1.165) is 32.2 Å². The number of hydrogen-bond acceptors (Lipinski definition) is 2. The standard InChI is InChI=1S/C16H27F3N2/c17-16(18,19)12-21-10-14(13-6-2-1-3-7-13)20-11-15(21)8-4-5-9-15/h13-14,20H,1-12H2. The summed E-state index contributed by atoms with van der Waals surface area (Å²) < 4.78 is 39.0. The second kappa shape index (κ2) is 6.07. The van der Waals surface area contributed by atoms with Crippen LogP contribution >= 0.6 is 0 Å². The van der Waals surface area contributed by atoms with E-state index >= 15 is 0 Å². The van der Waals surface area contributed by atoms with E-state index in [1.807, 2.05) is 0 Å². The smallest absolute Gasteiger partial charge is 0.311 e. The fourth-order valence-electron chi connectivity index (χ4n) is 4.76. The van der Waals surface area contributed by atoms with Crippen molar-refractivity contribution >= 4 is 0 Å². The molecule has 1 heterocycles. The van der Waals surface area contributed by atoms with Crippen LogP contribution in [0, 0.1) is 5.92 Å². The number of halogens is 3. The molecule has 2 nitrogen and oxygen atoms in total. The molecule has 0 bridgehead atoms. The molecule has 1 unspecified atom stereocenters. The van der Waals surface area contributed by atoms with Gasteiger partial charge in [0.15, 0.2) is 0 Å². The normalized spacial score (nSPS) is 31.9. The Balaban J connectivity index is 1.69. The van der Waals surface area contributed by atoms with Crippen LogP contribution < -0.4 is 5.32 Å². The number of piperazine rings is 1. The Bertz CT molecular complexity index is 344. The van der Waals surface area contributed by atoms with E-state index in [0.29, 0.717) is 12.5 Å². The van der Waals surface area contributed by atoms with E-state index in [-0.39, 0.29) is 11.6 Å². The molecule has 0 aromatic heterocycles. The minimum Gasteiger partial charge on any atom is -0.311 e. The van der Waals surface area contributed by atoms with Gasteiger partial charge in [-0.05, 0) is 31.6 Å². The third-order valence-electron chi connectivity index (χ3n) is 5.90. The number of rotatable bonds is 2. The van der Waals surface area contributed by atoms with E-state index in [2.05, 4.69) is 5.32 Å². The maximum atomic E-state index is 13.0. The molecule has 0 amide bonds. The maximum Gasteiger partial charge on any atom is 0.401 e. The quantitative estimate of drug-likeness (QED) is 0.836. The summed E-state index contributed by atoms with van der Waals surface area (Å²) in [7, 11) is 0. The summed E-state index contributed by atoms with van der Waals surface area (Å²) >= 11 is 0. The molecule has 0 aromatic rings. The van der Waals surface area contributed by atoms with Crippen molar-refractivity contribution < 1.29 is 13.2 Å². The predicted octanol–water partition coefficient (Wildman–Crippen LogP) is 3.72. The fourth-order valence-corrected chi connectivity index (χ4v) is 4.76. The second-order valence-corrected chi connectivity index (χ2v) is 7.31. The summed E-state index contributed by atoms with van der Waals surface area (Å²) in [6, 6.07) is 0.263. The van der Waals surface area contributed by atoms with Crippen LogP contribution in [0.5, 0.6) is 0 Å². The molecule has 3 rings (SSSR count). The Kier molecular flexibility index (Phi) is 4.51. The van der Waals surface area contributed by atoms with Crippen molar-refractivity contribution in [3.63, 3.8) is 0 Å². The van der Waals surface area contributed by atoms with Crippen molar-refractivity contribution in [2.75, 3.05) is 19.6 Å². The van der Waals surface area contributed by atoms with Gasteiger partial charge in [-0.2, -0.15) is 13.2 Å². The zero-order chi connectivity index (χ0) is 14.9. The molecule has 1 N–H and O–H groups in total.